The van der Waals surface area contributed by atoms with Gasteiger partial charge in [0, 0.05) is 22.8 Å². The Bertz CT molecular complexity index is 1160. The molecule has 3 aromatic rings. The molecule has 178 valence electrons. The fraction of sp³-hybridized carbons (Fsp3) is 0.320. The number of fused-ring (bicyclic) bond motifs is 1. The smallest absolute Gasteiger partial charge is 0.315 e. The van der Waals surface area contributed by atoms with E-state index in [0.717, 1.165) is 41.3 Å². The average Bonchev–Trinajstić information content (AvgIpc) is 3.28. The maximum atomic E-state index is 13.2. The molecule has 1 aliphatic carbocycles. The molecular formula is C25H28N4O4S. The quantitative estimate of drug-likeness (QED) is 0.257. The van der Waals surface area contributed by atoms with Crippen molar-refractivity contribution in [1.29, 1.82) is 0 Å². The molecule has 1 aliphatic rings. The van der Waals surface area contributed by atoms with Gasteiger partial charge < -0.3 is 16.0 Å². The molecule has 1 unspecified atom stereocenters. The predicted molar refractivity (Wildman–Crippen MR) is 132 cm³/mol. The van der Waals surface area contributed by atoms with Gasteiger partial charge in [0.15, 0.2) is 0 Å². The van der Waals surface area contributed by atoms with Crippen LogP contribution in [0.15, 0.2) is 54.6 Å². The molecule has 1 atom stereocenters. The number of amides is 4. The maximum Gasteiger partial charge on any atom is 0.315 e. The highest BCUT2D eigenvalue weighted by Crippen LogP contribution is 2.28. The van der Waals surface area contributed by atoms with E-state index in [0.29, 0.717) is 17.0 Å². The topological polar surface area (TPSA) is 120 Å². The summed E-state index contributed by atoms with van der Waals surface area (Å²) in [5.41, 5.74) is 3.12. The second-order valence-electron chi connectivity index (χ2n) is 8.49. The van der Waals surface area contributed by atoms with Crippen molar-refractivity contribution in [1.82, 2.24) is 16.1 Å². The van der Waals surface area contributed by atoms with Crippen molar-refractivity contribution in [3.8, 4) is 0 Å². The minimum absolute atomic E-state index is 0.139. The van der Waals surface area contributed by atoms with Crippen LogP contribution in [0, 0.1) is 0 Å². The minimum atomic E-state index is -0.764. The zero-order chi connectivity index (χ0) is 23.9. The Kier molecular flexibility index (Phi) is 7.76. The van der Waals surface area contributed by atoms with Crippen molar-refractivity contribution in [3.63, 3.8) is 0 Å². The van der Waals surface area contributed by atoms with Crippen LogP contribution in [0.4, 0.5) is 10.5 Å². The van der Waals surface area contributed by atoms with Gasteiger partial charge in [0.05, 0.1) is 4.88 Å². The van der Waals surface area contributed by atoms with Crippen LogP contribution in [0.5, 0.6) is 0 Å². The van der Waals surface area contributed by atoms with Crippen LogP contribution in [-0.2, 0) is 11.2 Å². The van der Waals surface area contributed by atoms with Gasteiger partial charge in [0.2, 0.25) is 5.91 Å². The summed E-state index contributed by atoms with van der Waals surface area (Å²) in [6, 6.07) is 15.6. The molecule has 0 radical (unpaired) electrons. The van der Waals surface area contributed by atoms with E-state index in [2.05, 4.69) is 16.0 Å². The summed E-state index contributed by atoms with van der Waals surface area (Å²) in [6.45, 7) is 0. The lowest BCUT2D eigenvalue weighted by Crippen LogP contribution is -2.51. The first-order chi connectivity index (χ1) is 16.5. The van der Waals surface area contributed by atoms with Crippen molar-refractivity contribution in [3.05, 3.63) is 65.0 Å². The first kappa shape index (κ1) is 23.7. The van der Waals surface area contributed by atoms with Crippen molar-refractivity contribution >= 4 is 45.0 Å². The summed E-state index contributed by atoms with van der Waals surface area (Å²) in [5.74, 6) is -0.909. The second-order valence-corrected chi connectivity index (χ2v) is 9.57. The van der Waals surface area contributed by atoms with Gasteiger partial charge in [-0.05, 0) is 48.1 Å². The lowest BCUT2D eigenvalue weighted by molar-refractivity contribution is -0.117. The zero-order valence-electron chi connectivity index (χ0n) is 18.7. The summed E-state index contributed by atoms with van der Waals surface area (Å²) in [7, 11) is 0. The number of nitrogens with one attached hydrogen (secondary N) is 4. The van der Waals surface area contributed by atoms with E-state index in [4.69, 9.17) is 5.21 Å². The number of hydrogen-bond donors (Lipinski definition) is 5. The number of thiophene rings is 1. The van der Waals surface area contributed by atoms with Gasteiger partial charge >= 0.3 is 6.03 Å². The van der Waals surface area contributed by atoms with Crippen LogP contribution in [0.25, 0.3) is 10.1 Å². The molecule has 1 saturated carbocycles. The molecule has 9 heteroatoms. The molecule has 1 fully saturated rings. The van der Waals surface area contributed by atoms with E-state index in [1.54, 1.807) is 29.7 Å². The van der Waals surface area contributed by atoms with Crippen LogP contribution in [-0.4, -0.2) is 35.1 Å². The third-order valence-electron chi connectivity index (χ3n) is 5.95. The van der Waals surface area contributed by atoms with Gasteiger partial charge in [-0.3, -0.25) is 14.8 Å². The number of anilines is 1. The Morgan fingerprint density at radius 3 is 2.50 bits per heavy atom. The number of benzene rings is 2. The Morgan fingerprint density at radius 1 is 1.00 bits per heavy atom. The highest BCUT2D eigenvalue weighted by molar-refractivity contribution is 7.20. The van der Waals surface area contributed by atoms with Crippen molar-refractivity contribution in [2.24, 2.45) is 0 Å². The molecule has 34 heavy (non-hydrogen) atoms. The van der Waals surface area contributed by atoms with E-state index >= 15 is 0 Å². The fourth-order valence-corrected chi connectivity index (χ4v) is 5.14. The molecule has 4 amide bonds. The molecule has 2 aromatic carbocycles. The first-order valence-electron chi connectivity index (χ1n) is 11.4. The van der Waals surface area contributed by atoms with E-state index in [1.165, 1.54) is 17.8 Å². The van der Waals surface area contributed by atoms with Gasteiger partial charge in [-0.15, -0.1) is 11.3 Å². The molecule has 4 rings (SSSR count). The number of hydrogen-bond acceptors (Lipinski definition) is 5. The largest absolute Gasteiger partial charge is 0.335 e. The lowest BCUT2D eigenvalue weighted by Gasteiger charge is -2.25. The summed E-state index contributed by atoms with van der Waals surface area (Å²) >= 11 is 1.24. The monoisotopic (exact) mass is 480 g/mol. The highest BCUT2D eigenvalue weighted by Gasteiger charge is 2.24. The van der Waals surface area contributed by atoms with Crippen LogP contribution in [0.2, 0.25) is 0 Å². The predicted octanol–water partition coefficient (Wildman–Crippen LogP) is 4.20. The van der Waals surface area contributed by atoms with E-state index in [-0.39, 0.29) is 18.0 Å². The Labute approximate surface area is 201 Å². The van der Waals surface area contributed by atoms with Gasteiger partial charge in [0.25, 0.3) is 5.91 Å². The van der Waals surface area contributed by atoms with Gasteiger partial charge in [-0.2, -0.15) is 0 Å². The van der Waals surface area contributed by atoms with E-state index in [9.17, 15) is 14.4 Å². The molecular weight excluding hydrogens is 452 g/mol. The minimum Gasteiger partial charge on any atom is -0.335 e. The number of hydroxylamine groups is 1. The second kappa shape index (κ2) is 11.1. The molecule has 1 aromatic heterocycles. The molecule has 5 N–H and O–H groups in total. The molecule has 0 spiro atoms. The summed E-state index contributed by atoms with van der Waals surface area (Å²) in [4.78, 5) is 37.9. The molecule has 1 heterocycles. The summed E-state index contributed by atoms with van der Waals surface area (Å²) < 4.78 is 0.849. The van der Waals surface area contributed by atoms with Crippen LogP contribution < -0.4 is 21.4 Å². The molecule has 0 aliphatic heterocycles. The van der Waals surface area contributed by atoms with Crippen molar-refractivity contribution in [2.45, 2.75) is 50.6 Å². The highest BCUT2D eigenvalue weighted by atomic mass is 32.1. The van der Waals surface area contributed by atoms with Crippen molar-refractivity contribution in [2.75, 3.05) is 5.32 Å². The first-order valence-corrected chi connectivity index (χ1v) is 12.2. The standard InChI is InChI=1S/C25H28N4O4S/c30-23(26-19-11-12-21-17(14-19)15-22(34-21)24(31)29-33)20(13-16-7-3-1-4-8-16)28-25(32)27-18-9-5-2-6-10-18/h1,3-4,7-8,11-12,14-15,18,20,33H,2,5-6,9-10,13H2,(H,26,30)(H,29,31)(H2,27,28,32). The van der Waals surface area contributed by atoms with E-state index in [1.807, 2.05) is 30.3 Å². The Balaban J connectivity index is 1.47. The summed E-state index contributed by atoms with van der Waals surface area (Å²) in [5, 5.41) is 18.4. The molecule has 8 nitrogen and oxygen atoms in total. The zero-order valence-corrected chi connectivity index (χ0v) is 19.5. The fourth-order valence-electron chi connectivity index (χ4n) is 4.21. The maximum absolute atomic E-state index is 13.2. The van der Waals surface area contributed by atoms with Gasteiger partial charge in [-0.1, -0.05) is 49.6 Å². The number of carbonyl (C=O) groups is 3. The molecule has 0 bridgehead atoms. The average molecular weight is 481 g/mol. The Hall–Kier alpha value is -3.43. The third kappa shape index (κ3) is 6.12. The number of carbonyl (C=O) groups excluding carboxylic acids is 3. The SMILES string of the molecule is O=C(NC1CCCCC1)NC(Cc1ccccc1)C(=O)Nc1ccc2sc(C(=O)NO)cc2c1. The molecule has 0 saturated heterocycles. The van der Waals surface area contributed by atoms with Gasteiger partial charge in [0.1, 0.15) is 6.04 Å². The normalized spacial score (nSPS) is 14.9. The van der Waals surface area contributed by atoms with E-state index < -0.39 is 11.9 Å². The van der Waals surface area contributed by atoms with Crippen LogP contribution in [0.1, 0.15) is 47.3 Å². The van der Waals surface area contributed by atoms with Crippen LogP contribution >= 0.6 is 11.3 Å². The number of rotatable bonds is 7. The number of urea groups is 1. The third-order valence-corrected chi connectivity index (χ3v) is 7.07. The van der Waals surface area contributed by atoms with Gasteiger partial charge in [-0.25, -0.2) is 10.3 Å². The van der Waals surface area contributed by atoms with Crippen molar-refractivity contribution < 1.29 is 19.6 Å². The Morgan fingerprint density at radius 2 is 1.76 bits per heavy atom. The van der Waals surface area contributed by atoms with Crippen LogP contribution in [0.3, 0.4) is 0 Å². The summed E-state index contributed by atoms with van der Waals surface area (Å²) in [6.07, 6.45) is 5.67. The lowest BCUT2D eigenvalue weighted by atomic mass is 9.96.